The van der Waals surface area contributed by atoms with E-state index in [4.69, 9.17) is 5.26 Å². The first-order valence-corrected chi connectivity index (χ1v) is 7.33. The van der Waals surface area contributed by atoms with E-state index < -0.39 is 21.4 Å². The van der Waals surface area contributed by atoms with E-state index in [9.17, 15) is 12.8 Å². The number of rotatable bonds is 2. The first-order chi connectivity index (χ1) is 8.96. The molecule has 0 aliphatic carbocycles. The standard InChI is InChI=1S/C12H14FN3O2S/c1-9-8-16(6-5-15-9)19(17,18)12-4-2-3-11(13)10(12)7-14/h2-4,9,15H,5-6,8H2,1H3/t9-/m1/s1. The summed E-state index contributed by atoms with van der Waals surface area (Å²) in [7, 11) is -3.83. The number of halogens is 1. The first-order valence-electron chi connectivity index (χ1n) is 5.89. The van der Waals surface area contributed by atoms with Gasteiger partial charge in [0.15, 0.2) is 0 Å². The maximum Gasteiger partial charge on any atom is 0.244 e. The lowest BCUT2D eigenvalue weighted by Gasteiger charge is -2.31. The molecule has 1 aliphatic heterocycles. The van der Waals surface area contributed by atoms with Crippen molar-refractivity contribution in [2.45, 2.75) is 17.9 Å². The molecular weight excluding hydrogens is 269 g/mol. The second-order valence-corrected chi connectivity index (χ2v) is 6.35. The predicted molar refractivity (Wildman–Crippen MR) is 67.3 cm³/mol. The molecule has 0 bridgehead atoms. The fraction of sp³-hybridized carbons (Fsp3) is 0.417. The topological polar surface area (TPSA) is 73.2 Å². The monoisotopic (exact) mass is 283 g/mol. The Bertz CT molecular complexity index is 624. The molecule has 0 radical (unpaired) electrons. The normalized spacial score (nSPS) is 21.0. The number of piperazine rings is 1. The van der Waals surface area contributed by atoms with E-state index in [1.807, 2.05) is 6.92 Å². The third-order valence-corrected chi connectivity index (χ3v) is 4.94. The minimum Gasteiger partial charge on any atom is -0.312 e. The molecule has 1 saturated heterocycles. The zero-order chi connectivity index (χ0) is 14.0. The van der Waals surface area contributed by atoms with Crippen LogP contribution in [0.1, 0.15) is 12.5 Å². The van der Waals surface area contributed by atoms with Gasteiger partial charge < -0.3 is 5.32 Å². The van der Waals surface area contributed by atoms with Crippen LogP contribution >= 0.6 is 0 Å². The molecule has 1 aromatic rings. The summed E-state index contributed by atoms with van der Waals surface area (Å²) in [4.78, 5) is -0.260. The van der Waals surface area contributed by atoms with Crippen molar-refractivity contribution in [1.82, 2.24) is 9.62 Å². The van der Waals surface area contributed by atoms with Gasteiger partial charge in [-0.25, -0.2) is 12.8 Å². The van der Waals surface area contributed by atoms with Crippen LogP contribution in [-0.2, 0) is 10.0 Å². The summed E-state index contributed by atoms with van der Waals surface area (Å²) in [6.07, 6.45) is 0. The van der Waals surface area contributed by atoms with Crippen molar-refractivity contribution in [3.8, 4) is 6.07 Å². The number of nitriles is 1. The van der Waals surface area contributed by atoms with E-state index in [1.165, 1.54) is 16.4 Å². The van der Waals surface area contributed by atoms with E-state index in [1.54, 1.807) is 6.07 Å². The highest BCUT2D eigenvalue weighted by Crippen LogP contribution is 2.22. The average molecular weight is 283 g/mol. The molecule has 1 heterocycles. The second-order valence-electron chi connectivity index (χ2n) is 4.44. The quantitative estimate of drug-likeness (QED) is 0.866. The molecule has 19 heavy (non-hydrogen) atoms. The Kier molecular flexibility index (Phi) is 3.85. The SMILES string of the molecule is C[C@@H]1CN(S(=O)(=O)c2cccc(F)c2C#N)CCN1. The van der Waals surface area contributed by atoms with Crippen LogP contribution in [0, 0.1) is 17.1 Å². The van der Waals surface area contributed by atoms with E-state index in [0.717, 1.165) is 6.07 Å². The maximum absolute atomic E-state index is 13.5. The highest BCUT2D eigenvalue weighted by molar-refractivity contribution is 7.89. The lowest BCUT2D eigenvalue weighted by atomic mass is 10.2. The van der Waals surface area contributed by atoms with Gasteiger partial charge in [-0.1, -0.05) is 6.07 Å². The smallest absolute Gasteiger partial charge is 0.244 e. The molecule has 0 amide bonds. The summed E-state index contributed by atoms with van der Waals surface area (Å²) in [6, 6.07) is 5.30. The van der Waals surface area contributed by atoms with Gasteiger partial charge in [0.1, 0.15) is 22.3 Å². The van der Waals surface area contributed by atoms with Crippen LogP contribution in [0.4, 0.5) is 4.39 Å². The minimum absolute atomic E-state index is 0.0302. The van der Waals surface area contributed by atoms with Crippen molar-refractivity contribution in [1.29, 1.82) is 5.26 Å². The molecule has 2 rings (SSSR count). The molecule has 1 atom stereocenters. The van der Waals surface area contributed by atoms with Gasteiger partial charge in [-0.3, -0.25) is 0 Å². The zero-order valence-corrected chi connectivity index (χ0v) is 11.2. The summed E-state index contributed by atoms with van der Waals surface area (Å²) in [5, 5.41) is 12.1. The summed E-state index contributed by atoms with van der Waals surface area (Å²) in [5.74, 6) is -0.813. The van der Waals surface area contributed by atoms with E-state index in [2.05, 4.69) is 5.32 Å². The lowest BCUT2D eigenvalue weighted by Crippen LogP contribution is -2.51. The Balaban J connectivity index is 2.46. The number of nitrogens with one attached hydrogen (secondary N) is 1. The third-order valence-electron chi connectivity index (χ3n) is 3.04. The van der Waals surface area contributed by atoms with Crippen LogP contribution in [0.5, 0.6) is 0 Å². The number of sulfonamides is 1. The Morgan fingerprint density at radius 3 is 2.89 bits per heavy atom. The summed E-state index contributed by atoms with van der Waals surface area (Å²) >= 11 is 0. The van der Waals surface area contributed by atoms with Crippen molar-refractivity contribution in [2.75, 3.05) is 19.6 Å². The summed E-state index contributed by atoms with van der Waals surface area (Å²) in [5.41, 5.74) is -0.423. The van der Waals surface area contributed by atoms with E-state index >= 15 is 0 Å². The average Bonchev–Trinajstić information content (AvgIpc) is 2.38. The zero-order valence-electron chi connectivity index (χ0n) is 10.4. The summed E-state index contributed by atoms with van der Waals surface area (Å²) < 4.78 is 39.7. The molecule has 0 saturated carbocycles. The van der Waals surface area contributed by atoms with Gasteiger partial charge in [-0.2, -0.15) is 9.57 Å². The highest BCUT2D eigenvalue weighted by atomic mass is 32.2. The fourth-order valence-corrected chi connectivity index (χ4v) is 3.76. The van der Waals surface area contributed by atoms with Crippen LogP contribution in [0.2, 0.25) is 0 Å². The number of benzene rings is 1. The van der Waals surface area contributed by atoms with E-state index in [0.29, 0.717) is 19.6 Å². The Morgan fingerprint density at radius 2 is 2.26 bits per heavy atom. The van der Waals surface area contributed by atoms with Gasteiger partial charge in [-0.15, -0.1) is 0 Å². The number of hydrogen-bond acceptors (Lipinski definition) is 4. The molecule has 1 N–H and O–H groups in total. The van der Waals surface area contributed by atoms with Crippen molar-refractivity contribution in [3.63, 3.8) is 0 Å². The van der Waals surface area contributed by atoms with Gasteiger partial charge in [0.05, 0.1) is 0 Å². The minimum atomic E-state index is -3.83. The van der Waals surface area contributed by atoms with Crippen molar-refractivity contribution in [2.24, 2.45) is 0 Å². The van der Waals surface area contributed by atoms with Gasteiger partial charge in [0.2, 0.25) is 10.0 Å². The van der Waals surface area contributed by atoms with Gasteiger partial charge in [-0.05, 0) is 19.1 Å². The van der Waals surface area contributed by atoms with Crippen LogP contribution in [-0.4, -0.2) is 38.4 Å². The van der Waals surface area contributed by atoms with E-state index in [-0.39, 0.29) is 10.9 Å². The van der Waals surface area contributed by atoms with Gasteiger partial charge in [0, 0.05) is 25.7 Å². The first kappa shape index (κ1) is 13.9. The van der Waals surface area contributed by atoms with Crippen LogP contribution in [0.25, 0.3) is 0 Å². The molecular formula is C12H14FN3O2S. The highest BCUT2D eigenvalue weighted by Gasteiger charge is 2.31. The molecule has 1 aromatic carbocycles. The Hall–Kier alpha value is -1.49. The van der Waals surface area contributed by atoms with Crippen LogP contribution < -0.4 is 5.32 Å². The van der Waals surface area contributed by atoms with Gasteiger partial charge >= 0.3 is 0 Å². The third kappa shape index (κ3) is 2.61. The van der Waals surface area contributed by atoms with Crippen LogP contribution in [0.15, 0.2) is 23.1 Å². The van der Waals surface area contributed by atoms with Crippen molar-refractivity contribution in [3.05, 3.63) is 29.6 Å². The maximum atomic E-state index is 13.5. The number of hydrogen-bond donors (Lipinski definition) is 1. The molecule has 1 aliphatic rings. The van der Waals surface area contributed by atoms with Crippen molar-refractivity contribution < 1.29 is 12.8 Å². The predicted octanol–water partition coefficient (Wildman–Crippen LogP) is 0.680. The molecule has 7 heteroatoms. The van der Waals surface area contributed by atoms with Gasteiger partial charge in [0.25, 0.3) is 0 Å². The molecule has 1 fully saturated rings. The largest absolute Gasteiger partial charge is 0.312 e. The Labute approximate surface area is 111 Å². The molecule has 102 valence electrons. The van der Waals surface area contributed by atoms with Crippen molar-refractivity contribution >= 4 is 10.0 Å². The molecule has 0 spiro atoms. The molecule has 5 nitrogen and oxygen atoms in total. The molecule has 0 aromatic heterocycles. The van der Waals surface area contributed by atoms with Crippen LogP contribution in [0.3, 0.4) is 0 Å². The summed E-state index contributed by atoms with van der Waals surface area (Å²) in [6.45, 7) is 3.04. The second kappa shape index (κ2) is 5.25. The molecule has 0 unspecified atom stereocenters. The number of nitrogens with zero attached hydrogens (tertiary/aromatic N) is 2. The lowest BCUT2D eigenvalue weighted by molar-refractivity contribution is 0.310. The Morgan fingerprint density at radius 1 is 1.53 bits per heavy atom. The fourth-order valence-electron chi connectivity index (χ4n) is 2.08.